The van der Waals surface area contributed by atoms with Crippen LogP contribution >= 0.6 is 15.9 Å². The van der Waals surface area contributed by atoms with Gasteiger partial charge >= 0.3 is 0 Å². The zero-order valence-electron chi connectivity index (χ0n) is 16.0. The summed E-state index contributed by atoms with van der Waals surface area (Å²) in [5.74, 6) is 0.141. The van der Waals surface area contributed by atoms with Crippen LogP contribution in [0.5, 0.6) is 0 Å². The van der Waals surface area contributed by atoms with Crippen molar-refractivity contribution < 1.29 is 10.1 Å². The number of pyridine rings is 1. The van der Waals surface area contributed by atoms with E-state index in [-0.39, 0.29) is 5.78 Å². The molecule has 0 saturated heterocycles. The van der Waals surface area contributed by atoms with Gasteiger partial charge in [-0.05, 0) is 56.4 Å². The number of quaternary nitrogens is 1. The fourth-order valence-corrected chi connectivity index (χ4v) is 3.54. The SMILES string of the molecule is CCCC(=O)c1cnc2ccc(Br)cc2c1[NH2+]c1ccc(CN(C)C)cc1. The second-order valence-corrected chi connectivity index (χ2v) is 7.96. The molecule has 2 N–H and O–H groups in total. The summed E-state index contributed by atoms with van der Waals surface area (Å²) in [6.45, 7) is 2.93. The van der Waals surface area contributed by atoms with E-state index in [2.05, 4.69) is 69.5 Å². The van der Waals surface area contributed by atoms with Crippen LogP contribution in [0.4, 0.5) is 11.4 Å². The molecule has 0 aliphatic carbocycles. The number of carbonyl (C=O) groups is 1. The number of fused-ring (bicyclic) bond motifs is 1. The van der Waals surface area contributed by atoms with Crippen LogP contribution in [0.15, 0.2) is 53.1 Å². The van der Waals surface area contributed by atoms with Gasteiger partial charge in [-0.2, -0.15) is 0 Å². The summed E-state index contributed by atoms with van der Waals surface area (Å²) in [5.41, 5.74) is 4.87. The highest BCUT2D eigenvalue weighted by Crippen LogP contribution is 2.27. The van der Waals surface area contributed by atoms with E-state index in [0.717, 1.165) is 39.7 Å². The Balaban J connectivity index is 2.03. The van der Waals surface area contributed by atoms with Crippen molar-refractivity contribution in [2.45, 2.75) is 26.3 Å². The van der Waals surface area contributed by atoms with Gasteiger partial charge in [-0.3, -0.25) is 15.1 Å². The number of rotatable bonds is 7. The molecule has 0 spiro atoms. The predicted molar refractivity (Wildman–Crippen MR) is 114 cm³/mol. The number of benzene rings is 2. The lowest BCUT2D eigenvalue weighted by molar-refractivity contribution is -0.477. The Hall–Kier alpha value is -2.08. The molecule has 0 radical (unpaired) electrons. The topological polar surface area (TPSA) is 49.8 Å². The van der Waals surface area contributed by atoms with Gasteiger partial charge in [-0.15, -0.1) is 0 Å². The van der Waals surface area contributed by atoms with Crippen molar-refractivity contribution in [3.63, 3.8) is 0 Å². The quantitative estimate of drug-likeness (QED) is 0.444. The molecule has 0 bridgehead atoms. The van der Waals surface area contributed by atoms with Gasteiger partial charge < -0.3 is 4.90 Å². The normalized spacial score (nSPS) is 11.3. The minimum absolute atomic E-state index is 0.141. The smallest absolute Gasteiger partial charge is 0.170 e. The van der Waals surface area contributed by atoms with Crippen molar-refractivity contribution in [3.05, 3.63) is 64.3 Å². The number of Topliss-reactive ketones (excluding diaryl/α,β-unsaturated/α-hetero) is 1. The van der Waals surface area contributed by atoms with Crippen LogP contribution < -0.4 is 5.32 Å². The zero-order valence-corrected chi connectivity index (χ0v) is 17.6. The Kier molecular flexibility index (Phi) is 6.37. The maximum absolute atomic E-state index is 12.7. The molecule has 1 heterocycles. The minimum atomic E-state index is 0.141. The van der Waals surface area contributed by atoms with Gasteiger partial charge in [0.15, 0.2) is 11.5 Å². The summed E-state index contributed by atoms with van der Waals surface area (Å²) < 4.78 is 0.980. The molecule has 27 heavy (non-hydrogen) atoms. The van der Waals surface area contributed by atoms with Gasteiger partial charge in [-0.25, -0.2) is 0 Å². The highest BCUT2D eigenvalue weighted by atomic mass is 79.9. The second kappa shape index (κ2) is 8.74. The van der Waals surface area contributed by atoms with Gasteiger partial charge in [0.05, 0.1) is 16.5 Å². The van der Waals surface area contributed by atoms with Crippen LogP contribution in [0.2, 0.25) is 0 Å². The molecule has 0 aliphatic heterocycles. The van der Waals surface area contributed by atoms with Crippen LogP contribution in [0.25, 0.3) is 10.9 Å². The zero-order chi connectivity index (χ0) is 19.4. The van der Waals surface area contributed by atoms with Crippen molar-refractivity contribution in [1.29, 1.82) is 0 Å². The Bertz CT molecular complexity index is 952. The number of halogens is 1. The van der Waals surface area contributed by atoms with Crippen LogP contribution in [-0.2, 0) is 6.54 Å². The van der Waals surface area contributed by atoms with Crippen LogP contribution in [0.1, 0.15) is 35.7 Å². The lowest BCUT2D eigenvalue weighted by Crippen LogP contribution is -2.71. The molecule has 0 atom stereocenters. The summed E-state index contributed by atoms with van der Waals surface area (Å²) in [6.07, 6.45) is 3.08. The molecule has 140 valence electrons. The van der Waals surface area contributed by atoms with Gasteiger partial charge in [0.25, 0.3) is 0 Å². The lowest BCUT2D eigenvalue weighted by Gasteiger charge is -2.12. The maximum atomic E-state index is 12.7. The van der Waals surface area contributed by atoms with Gasteiger partial charge in [0.1, 0.15) is 5.69 Å². The minimum Gasteiger partial charge on any atom is -0.305 e. The molecule has 2 aromatic carbocycles. The molecule has 0 fully saturated rings. The summed E-state index contributed by atoms with van der Waals surface area (Å²) in [5, 5.41) is 3.09. The van der Waals surface area contributed by atoms with Crippen LogP contribution in [0, 0.1) is 0 Å². The number of nitrogens with two attached hydrogens (primary N) is 1. The van der Waals surface area contributed by atoms with Gasteiger partial charge in [0.2, 0.25) is 0 Å². The Morgan fingerprint density at radius 3 is 2.56 bits per heavy atom. The van der Waals surface area contributed by atoms with Crippen molar-refractivity contribution >= 4 is 44.0 Å². The third kappa shape index (κ3) is 4.80. The van der Waals surface area contributed by atoms with E-state index in [4.69, 9.17) is 0 Å². The number of hydrogen-bond donors (Lipinski definition) is 1. The second-order valence-electron chi connectivity index (χ2n) is 7.04. The first-order chi connectivity index (χ1) is 13.0. The van der Waals surface area contributed by atoms with E-state index in [9.17, 15) is 4.79 Å². The molecule has 0 unspecified atom stereocenters. The molecule has 5 heteroatoms. The fraction of sp³-hybridized carbons (Fsp3) is 0.273. The number of ketones is 1. The average molecular weight is 427 g/mol. The number of carbonyl (C=O) groups excluding carboxylic acids is 1. The van der Waals surface area contributed by atoms with E-state index >= 15 is 0 Å². The molecule has 4 nitrogen and oxygen atoms in total. The van der Waals surface area contributed by atoms with Crippen molar-refractivity contribution in [2.75, 3.05) is 14.1 Å². The largest absolute Gasteiger partial charge is 0.305 e. The van der Waals surface area contributed by atoms with E-state index in [1.807, 2.05) is 25.1 Å². The Morgan fingerprint density at radius 2 is 1.89 bits per heavy atom. The standard InChI is InChI=1S/C22H24BrN3O/c1-4-5-21(27)19-13-24-20-11-8-16(23)12-18(20)22(19)25-17-9-6-15(7-10-17)14-26(2)3/h6-13H,4-5,14H2,1-3H3,(H,24,25)/p+1. The first-order valence-corrected chi connectivity index (χ1v) is 9.97. The molecular formula is C22H25BrN3O+. The first kappa shape index (κ1) is 19.7. The highest BCUT2D eigenvalue weighted by molar-refractivity contribution is 9.10. The van der Waals surface area contributed by atoms with Crippen molar-refractivity contribution in [1.82, 2.24) is 9.88 Å². The van der Waals surface area contributed by atoms with E-state index in [0.29, 0.717) is 12.0 Å². The summed E-state index contributed by atoms with van der Waals surface area (Å²) in [6, 6.07) is 14.5. The van der Waals surface area contributed by atoms with Gasteiger partial charge in [0, 0.05) is 23.6 Å². The van der Waals surface area contributed by atoms with E-state index in [1.165, 1.54) is 5.56 Å². The number of nitrogens with zero attached hydrogens (tertiary/aromatic N) is 2. The monoisotopic (exact) mass is 426 g/mol. The first-order valence-electron chi connectivity index (χ1n) is 9.18. The summed E-state index contributed by atoms with van der Waals surface area (Å²) in [4.78, 5) is 19.3. The third-order valence-corrected chi connectivity index (χ3v) is 4.93. The third-order valence-electron chi connectivity index (χ3n) is 4.44. The molecule has 1 aromatic heterocycles. The average Bonchev–Trinajstić information content (AvgIpc) is 2.63. The van der Waals surface area contributed by atoms with E-state index < -0.39 is 0 Å². The maximum Gasteiger partial charge on any atom is 0.170 e. The van der Waals surface area contributed by atoms with E-state index in [1.54, 1.807) is 6.20 Å². The fourth-order valence-electron chi connectivity index (χ4n) is 3.18. The van der Waals surface area contributed by atoms with Gasteiger partial charge in [-0.1, -0.05) is 35.0 Å². The van der Waals surface area contributed by atoms with Crippen molar-refractivity contribution in [3.8, 4) is 0 Å². The summed E-state index contributed by atoms with van der Waals surface area (Å²) >= 11 is 3.55. The van der Waals surface area contributed by atoms with Crippen molar-refractivity contribution in [2.24, 2.45) is 0 Å². The highest BCUT2D eigenvalue weighted by Gasteiger charge is 2.19. The molecule has 3 aromatic rings. The summed E-state index contributed by atoms with van der Waals surface area (Å²) in [7, 11) is 4.12. The van der Waals surface area contributed by atoms with Crippen LogP contribution in [0.3, 0.4) is 0 Å². The molecule has 3 rings (SSSR count). The molecule has 0 amide bonds. The number of hydrogen-bond acceptors (Lipinski definition) is 3. The lowest BCUT2D eigenvalue weighted by atomic mass is 10.0. The molecule has 0 saturated carbocycles. The molecular weight excluding hydrogens is 402 g/mol. The molecule has 0 aliphatic rings. The number of aromatic nitrogens is 1. The Labute approximate surface area is 168 Å². The predicted octanol–water partition coefficient (Wildman–Crippen LogP) is 4.57. The Morgan fingerprint density at radius 1 is 1.15 bits per heavy atom. The van der Waals surface area contributed by atoms with Crippen LogP contribution in [-0.4, -0.2) is 29.8 Å².